The third-order valence-electron chi connectivity index (χ3n) is 2.98. The zero-order valence-electron chi connectivity index (χ0n) is 9.62. The Morgan fingerprint density at radius 1 is 1.67 bits per heavy atom. The van der Waals surface area contributed by atoms with Crippen LogP contribution in [0.3, 0.4) is 0 Å². The first kappa shape index (κ1) is 12.5. The molecule has 0 radical (unpaired) electrons. The van der Waals surface area contributed by atoms with Crippen molar-refractivity contribution in [2.75, 3.05) is 6.61 Å². The molecule has 2 atom stereocenters. The van der Waals surface area contributed by atoms with E-state index in [1.165, 1.54) is 12.5 Å². The number of carbonyl (C=O) groups excluding carboxylic acids is 1. The van der Waals surface area contributed by atoms with Crippen molar-refractivity contribution in [3.8, 4) is 0 Å². The van der Waals surface area contributed by atoms with Gasteiger partial charge in [-0.1, -0.05) is 19.9 Å². The predicted molar refractivity (Wildman–Crippen MR) is 62.0 cm³/mol. The van der Waals surface area contributed by atoms with Crippen LogP contribution in [0.2, 0.25) is 12.6 Å². The van der Waals surface area contributed by atoms with Gasteiger partial charge < -0.3 is 9.16 Å². The standard InChI is InChI=1S/C11H20O3Si/c1-4-10(12)14-11(5-2)15(3)9-7-6-8-13-15/h4,11H,1,5-9H2,2-3H3. The van der Waals surface area contributed by atoms with Gasteiger partial charge in [0.2, 0.25) is 8.32 Å². The summed E-state index contributed by atoms with van der Waals surface area (Å²) in [5, 5.41) is 0. The van der Waals surface area contributed by atoms with Crippen molar-refractivity contribution in [2.24, 2.45) is 0 Å². The minimum Gasteiger partial charge on any atom is -0.460 e. The minimum atomic E-state index is -1.84. The lowest BCUT2D eigenvalue weighted by molar-refractivity contribution is -0.140. The molecule has 1 saturated heterocycles. The van der Waals surface area contributed by atoms with E-state index in [9.17, 15) is 4.79 Å². The molecule has 0 bridgehead atoms. The van der Waals surface area contributed by atoms with E-state index < -0.39 is 8.32 Å². The first-order valence-electron chi connectivity index (χ1n) is 5.59. The van der Waals surface area contributed by atoms with Crippen molar-refractivity contribution in [3.05, 3.63) is 12.7 Å². The largest absolute Gasteiger partial charge is 0.460 e. The summed E-state index contributed by atoms with van der Waals surface area (Å²) in [5.41, 5.74) is -0.0247. The minimum absolute atomic E-state index is 0.0247. The Bertz CT molecular complexity index is 234. The number of hydrogen-bond acceptors (Lipinski definition) is 3. The van der Waals surface area contributed by atoms with Gasteiger partial charge in [-0.05, 0) is 25.4 Å². The number of esters is 1. The number of rotatable bonds is 4. The average Bonchev–Trinajstić information content (AvgIpc) is 2.26. The molecule has 15 heavy (non-hydrogen) atoms. The summed E-state index contributed by atoms with van der Waals surface area (Å²) in [6.45, 7) is 8.44. The molecule has 0 amide bonds. The molecule has 2 unspecified atom stereocenters. The summed E-state index contributed by atoms with van der Waals surface area (Å²) >= 11 is 0. The maximum Gasteiger partial charge on any atom is 0.330 e. The summed E-state index contributed by atoms with van der Waals surface area (Å²) in [4.78, 5) is 11.2. The van der Waals surface area contributed by atoms with Crippen molar-refractivity contribution in [1.82, 2.24) is 0 Å². The highest BCUT2D eigenvalue weighted by Gasteiger charge is 2.41. The van der Waals surface area contributed by atoms with Crippen LogP contribution in [0.25, 0.3) is 0 Å². The lowest BCUT2D eigenvalue weighted by Gasteiger charge is -2.37. The van der Waals surface area contributed by atoms with Crippen LogP contribution in [-0.4, -0.2) is 26.6 Å². The van der Waals surface area contributed by atoms with Crippen molar-refractivity contribution >= 4 is 14.3 Å². The van der Waals surface area contributed by atoms with Crippen LogP contribution in [0, 0.1) is 0 Å². The molecule has 1 heterocycles. The molecule has 0 aliphatic carbocycles. The molecule has 0 saturated carbocycles. The van der Waals surface area contributed by atoms with Crippen molar-refractivity contribution in [3.63, 3.8) is 0 Å². The Morgan fingerprint density at radius 3 is 2.87 bits per heavy atom. The van der Waals surface area contributed by atoms with E-state index in [1.54, 1.807) is 0 Å². The Labute approximate surface area is 92.6 Å². The maximum absolute atomic E-state index is 11.2. The van der Waals surface area contributed by atoms with Crippen molar-refractivity contribution < 1.29 is 14.0 Å². The second-order valence-corrected chi connectivity index (χ2v) is 8.21. The van der Waals surface area contributed by atoms with E-state index >= 15 is 0 Å². The van der Waals surface area contributed by atoms with Gasteiger partial charge in [-0.15, -0.1) is 0 Å². The van der Waals surface area contributed by atoms with Gasteiger partial charge in [0.25, 0.3) is 0 Å². The topological polar surface area (TPSA) is 35.5 Å². The summed E-state index contributed by atoms with van der Waals surface area (Å²) in [7, 11) is -1.84. The lowest BCUT2D eigenvalue weighted by atomic mass is 10.4. The Kier molecular flexibility index (Phi) is 4.54. The molecule has 0 N–H and O–H groups in total. The van der Waals surface area contributed by atoms with Gasteiger partial charge in [-0.2, -0.15) is 0 Å². The second-order valence-electron chi connectivity index (χ2n) is 4.16. The summed E-state index contributed by atoms with van der Waals surface area (Å²) < 4.78 is 11.3. The molecule has 1 fully saturated rings. The highest BCUT2D eigenvalue weighted by Crippen LogP contribution is 2.28. The quantitative estimate of drug-likeness (QED) is 0.421. The molecule has 4 heteroatoms. The van der Waals surface area contributed by atoms with Crippen LogP contribution < -0.4 is 0 Å². The van der Waals surface area contributed by atoms with Crippen LogP contribution in [0.4, 0.5) is 0 Å². The molecule has 0 aromatic rings. The second kappa shape index (κ2) is 5.46. The fourth-order valence-corrected chi connectivity index (χ4v) is 5.48. The summed E-state index contributed by atoms with van der Waals surface area (Å²) in [6.07, 6.45) is 4.39. The van der Waals surface area contributed by atoms with Crippen molar-refractivity contribution in [1.29, 1.82) is 0 Å². The highest BCUT2D eigenvalue weighted by atomic mass is 28.4. The Balaban J connectivity index is 2.62. The summed E-state index contributed by atoms with van der Waals surface area (Å²) in [6, 6.07) is 1.09. The van der Waals surface area contributed by atoms with Gasteiger partial charge in [0.15, 0.2) is 0 Å². The Morgan fingerprint density at radius 2 is 2.40 bits per heavy atom. The average molecular weight is 228 g/mol. The van der Waals surface area contributed by atoms with Crippen LogP contribution in [0.15, 0.2) is 12.7 Å². The van der Waals surface area contributed by atoms with Gasteiger partial charge in [0.1, 0.15) is 5.73 Å². The zero-order valence-corrected chi connectivity index (χ0v) is 10.6. The predicted octanol–water partition coefficient (Wildman–Crippen LogP) is 2.42. The fourth-order valence-electron chi connectivity index (χ4n) is 2.04. The van der Waals surface area contributed by atoms with E-state index in [0.717, 1.165) is 25.5 Å². The van der Waals surface area contributed by atoms with Crippen LogP contribution >= 0.6 is 0 Å². The SMILES string of the molecule is C=CC(=O)OC(CC)[Si]1(C)CCCCO1. The van der Waals surface area contributed by atoms with E-state index in [-0.39, 0.29) is 11.7 Å². The van der Waals surface area contributed by atoms with E-state index in [1.807, 2.05) is 6.92 Å². The van der Waals surface area contributed by atoms with Gasteiger partial charge in [-0.25, -0.2) is 4.79 Å². The van der Waals surface area contributed by atoms with Gasteiger partial charge in [-0.3, -0.25) is 0 Å². The monoisotopic (exact) mass is 228 g/mol. The molecule has 86 valence electrons. The molecule has 1 aliphatic rings. The summed E-state index contributed by atoms with van der Waals surface area (Å²) in [5.74, 6) is -0.329. The maximum atomic E-state index is 11.2. The molecular weight excluding hydrogens is 208 g/mol. The molecule has 0 aromatic heterocycles. The van der Waals surface area contributed by atoms with E-state index in [2.05, 4.69) is 13.1 Å². The van der Waals surface area contributed by atoms with Crippen molar-refractivity contribution in [2.45, 2.75) is 44.5 Å². The first-order valence-corrected chi connectivity index (χ1v) is 8.28. The highest BCUT2D eigenvalue weighted by molar-refractivity contribution is 6.74. The van der Waals surface area contributed by atoms with Gasteiger partial charge >= 0.3 is 5.97 Å². The Hall–Kier alpha value is -0.613. The van der Waals surface area contributed by atoms with E-state index in [4.69, 9.17) is 9.16 Å². The van der Waals surface area contributed by atoms with Crippen LogP contribution in [-0.2, 0) is 14.0 Å². The number of carbonyl (C=O) groups is 1. The zero-order chi connectivity index (χ0) is 11.3. The van der Waals surface area contributed by atoms with Crippen LogP contribution in [0.1, 0.15) is 26.2 Å². The molecule has 0 spiro atoms. The molecule has 1 rings (SSSR count). The van der Waals surface area contributed by atoms with Gasteiger partial charge in [0.05, 0.1) is 0 Å². The normalized spacial score (nSPS) is 28.1. The van der Waals surface area contributed by atoms with Gasteiger partial charge in [0, 0.05) is 12.7 Å². The smallest absolute Gasteiger partial charge is 0.330 e. The van der Waals surface area contributed by atoms with E-state index in [0.29, 0.717) is 0 Å². The fraction of sp³-hybridized carbons (Fsp3) is 0.727. The molecular formula is C11H20O3Si. The molecule has 0 aromatic carbocycles. The molecule has 3 nitrogen and oxygen atoms in total. The number of hydrogen-bond donors (Lipinski definition) is 0. The molecule has 1 aliphatic heterocycles. The lowest BCUT2D eigenvalue weighted by Crippen LogP contribution is -2.51. The third kappa shape index (κ3) is 3.17. The van der Waals surface area contributed by atoms with Crippen LogP contribution in [0.5, 0.6) is 0 Å². The third-order valence-corrected chi connectivity index (χ3v) is 7.07. The number of ether oxygens (including phenoxy) is 1. The first-order chi connectivity index (χ1) is 7.12.